The van der Waals surface area contributed by atoms with E-state index in [0.717, 1.165) is 24.8 Å². The SMILES string of the molecule is C=C(CCCC)C[C@@H](O)/C=C/[C@@H]1[C@H]2Oc3cccc(OCC(=O)OC)c3O[C@H]2C[C@H]1O[Si](c1ccccc1)(c1ccccc1)C(C)(C)C. The molecule has 3 aromatic carbocycles. The first-order valence-corrected chi connectivity index (χ1v) is 19.0. The van der Waals surface area contributed by atoms with Crippen molar-refractivity contribution in [1.29, 1.82) is 0 Å². The van der Waals surface area contributed by atoms with E-state index in [-0.39, 0.29) is 35.9 Å². The van der Waals surface area contributed by atoms with Gasteiger partial charge in [0.15, 0.2) is 18.1 Å². The maximum atomic E-state index is 11.8. The number of hydrogen-bond acceptors (Lipinski definition) is 7. The van der Waals surface area contributed by atoms with Crippen LogP contribution in [-0.4, -0.2) is 57.5 Å². The molecule has 1 N–H and O–H groups in total. The quantitative estimate of drug-likeness (QED) is 0.115. The molecule has 0 saturated heterocycles. The summed E-state index contributed by atoms with van der Waals surface area (Å²) in [4.78, 5) is 11.8. The van der Waals surface area contributed by atoms with Crippen molar-refractivity contribution in [3.8, 4) is 17.2 Å². The summed E-state index contributed by atoms with van der Waals surface area (Å²) in [7, 11) is -1.61. The fourth-order valence-electron chi connectivity index (χ4n) is 6.99. The van der Waals surface area contributed by atoms with Crippen LogP contribution in [0.15, 0.2) is 103 Å². The second-order valence-electron chi connectivity index (χ2n) is 13.8. The van der Waals surface area contributed by atoms with Crippen LogP contribution in [-0.2, 0) is 14.0 Å². The predicted octanol–water partition coefficient (Wildman–Crippen LogP) is 6.77. The Balaban J connectivity index is 1.53. The summed E-state index contributed by atoms with van der Waals surface area (Å²) in [6.45, 7) is 12.9. The lowest BCUT2D eigenvalue weighted by molar-refractivity contribution is -0.143. The van der Waals surface area contributed by atoms with E-state index in [0.29, 0.717) is 30.1 Å². The van der Waals surface area contributed by atoms with Crippen LogP contribution in [0.1, 0.15) is 59.8 Å². The fourth-order valence-corrected chi connectivity index (χ4v) is 11.7. The molecular formula is C40H50O7Si. The van der Waals surface area contributed by atoms with E-state index in [1.165, 1.54) is 17.5 Å². The Kier molecular flexibility index (Phi) is 11.5. The summed E-state index contributed by atoms with van der Waals surface area (Å²) in [5.74, 6) is 0.715. The van der Waals surface area contributed by atoms with E-state index in [9.17, 15) is 9.90 Å². The van der Waals surface area contributed by atoms with Gasteiger partial charge in [0.2, 0.25) is 5.75 Å². The van der Waals surface area contributed by atoms with Crippen LogP contribution in [0, 0.1) is 5.92 Å². The molecule has 5 rings (SSSR count). The van der Waals surface area contributed by atoms with Gasteiger partial charge in [-0.3, -0.25) is 0 Å². The number of methoxy groups -OCH3 is 1. The van der Waals surface area contributed by atoms with Crippen molar-refractivity contribution in [3.63, 3.8) is 0 Å². The number of fused-ring (bicyclic) bond motifs is 2. The largest absolute Gasteiger partial charge is 0.482 e. The van der Waals surface area contributed by atoms with Gasteiger partial charge in [0.25, 0.3) is 8.32 Å². The number of unbranched alkanes of at least 4 members (excludes halogenated alkanes) is 1. The van der Waals surface area contributed by atoms with Gasteiger partial charge in [0.1, 0.15) is 12.2 Å². The average Bonchev–Trinajstić information content (AvgIpc) is 3.42. The van der Waals surface area contributed by atoms with Crippen molar-refractivity contribution in [3.05, 3.63) is 103 Å². The molecular weight excluding hydrogens is 621 g/mol. The van der Waals surface area contributed by atoms with E-state index in [1.807, 2.05) is 30.3 Å². The Labute approximate surface area is 286 Å². The summed E-state index contributed by atoms with van der Waals surface area (Å²) in [5, 5.41) is 13.2. The number of benzene rings is 3. The smallest absolute Gasteiger partial charge is 0.343 e. The Morgan fingerprint density at radius 2 is 1.69 bits per heavy atom. The van der Waals surface area contributed by atoms with Crippen LogP contribution in [0.3, 0.4) is 0 Å². The molecule has 0 bridgehead atoms. The minimum Gasteiger partial charge on any atom is -0.482 e. The molecule has 256 valence electrons. The van der Waals surface area contributed by atoms with Gasteiger partial charge in [0.05, 0.1) is 19.3 Å². The van der Waals surface area contributed by atoms with Crippen molar-refractivity contribution in [2.45, 2.75) is 89.3 Å². The number of hydrogen-bond donors (Lipinski definition) is 1. The zero-order chi connectivity index (χ0) is 34.3. The Morgan fingerprint density at radius 1 is 1.02 bits per heavy atom. The molecule has 1 aliphatic heterocycles. The highest BCUT2D eigenvalue weighted by molar-refractivity contribution is 6.99. The van der Waals surface area contributed by atoms with Crippen molar-refractivity contribution in [2.75, 3.05) is 13.7 Å². The molecule has 1 fully saturated rings. The number of esters is 1. The molecule has 8 heteroatoms. The number of para-hydroxylation sites is 1. The molecule has 0 radical (unpaired) electrons. The fraction of sp³-hybridized carbons (Fsp3) is 0.425. The molecule has 48 heavy (non-hydrogen) atoms. The highest BCUT2D eigenvalue weighted by Crippen LogP contribution is 2.49. The first-order chi connectivity index (χ1) is 23.1. The van der Waals surface area contributed by atoms with Gasteiger partial charge in [-0.05, 0) is 46.8 Å². The second kappa shape index (κ2) is 15.6. The number of ether oxygens (including phenoxy) is 4. The third-order valence-electron chi connectivity index (χ3n) is 9.37. The number of rotatable bonds is 14. The lowest BCUT2D eigenvalue weighted by Gasteiger charge is -2.45. The van der Waals surface area contributed by atoms with Gasteiger partial charge in [-0.2, -0.15) is 0 Å². The average molecular weight is 671 g/mol. The van der Waals surface area contributed by atoms with E-state index in [2.05, 4.69) is 88.9 Å². The summed E-state index contributed by atoms with van der Waals surface area (Å²) in [6, 6.07) is 26.6. The van der Waals surface area contributed by atoms with Crippen molar-refractivity contribution < 1.29 is 33.3 Å². The normalized spacial score (nSPS) is 21.0. The lowest BCUT2D eigenvalue weighted by atomic mass is 9.99. The topological polar surface area (TPSA) is 83.5 Å². The second-order valence-corrected chi connectivity index (χ2v) is 18.1. The molecule has 0 spiro atoms. The third-order valence-corrected chi connectivity index (χ3v) is 14.4. The minimum absolute atomic E-state index is 0.219. The van der Waals surface area contributed by atoms with Crippen LogP contribution in [0.5, 0.6) is 17.2 Å². The van der Waals surface area contributed by atoms with Gasteiger partial charge in [-0.1, -0.05) is 125 Å². The van der Waals surface area contributed by atoms with Crippen LogP contribution >= 0.6 is 0 Å². The van der Waals surface area contributed by atoms with Crippen molar-refractivity contribution in [1.82, 2.24) is 0 Å². The molecule has 1 saturated carbocycles. The van der Waals surface area contributed by atoms with E-state index >= 15 is 0 Å². The van der Waals surface area contributed by atoms with Crippen molar-refractivity contribution >= 4 is 24.7 Å². The highest BCUT2D eigenvalue weighted by Gasteiger charge is 2.56. The van der Waals surface area contributed by atoms with E-state index < -0.39 is 20.4 Å². The van der Waals surface area contributed by atoms with Crippen LogP contribution in [0.4, 0.5) is 0 Å². The molecule has 3 aromatic rings. The summed E-state index contributed by atoms with van der Waals surface area (Å²) < 4.78 is 31.6. The van der Waals surface area contributed by atoms with Gasteiger partial charge in [-0.15, -0.1) is 0 Å². The van der Waals surface area contributed by atoms with Gasteiger partial charge >= 0.3 is 5.97 Å². The molecule has 0 unspecified atom stereocenters. The third kappa shape index (κ3) is 7.72. The predicted molar refractivity (Wildman–Crippen MR) is 192 cm³/mol. The maximum absolute atomic E-state index is 11.8. The van der Waals surface area contributed by atoms with Crippen LogP contribution < -0.4 is 24.6 Å². The Hall–Kier alpha value is -3.85. The molecule has 1 heterocycles. The van der Waals surface area contributed by atoms with Gasteiger partial charge in [-0.25, -0.2) is 4.79 Å². The maximum Gasteiger partial charge on any atom is 0.343 e. The number of carbonyl (C=O) groups is 1. The van der Waals surface area contributed by atoms with Gasteiger partial charge in [0, 0.05) is 12.3 Å². The lowest BCUT2D eigenvalue weighted by Crippen LogP contribution is -2.68. The molecule has 5 atom stereocenters. The summed E-state index contributed by atoms with van der Waals surface area (Å²) in [6.07, 6.45) is 6.40. The zero-order valence-corrected chi connectivity index (χ0v) is 29.9. The van der Waals surface area contributed by atoms with Gasteiger partial charge < -0.3 is 28.5 Å². The molecule has 7 nitrogen and oxygen atoms in total. The summed E-state index contributed by atoms with van der Waals surface area (Å²) >= 11 is 0. The van der Waals surface area contributed by atoms with Crippen molar-refractivity contribution in [2.24, 2.45) is 5.92 Å². The molecule has 2 aliphatic rings. The molecule has 0 amide bonds. The number of aliphatic hydroxyl groups excluding tert-OH is 1. The summed E-state index contributed by atoms with van der Waals surface area (Å²) in [5.41, 5.74) is 1.05. The first kappa shape index (κ1) is 35.5. The number of carbonyl (C=O) groups excluding carboxylic acids is 1. The molecule has 0 aromatic heterocycles. The van der Waals surface area contributed by atoms with Crippen LogP contribution in [0.25, 0.3) is 0 Å². The zero-order valence-electron chi connectivity index (χ0n) is 28.9. The highest BCUT2D eigenvalue weighted by atomic mass is 28.4. The van der Waals surface area contributed by atoms with E-state index in [1.54, 1.807) is 6.07 Å². The first-order valence-electron chi connectivity index (χ1n) is 17.0. The number of aliphatic hydroxyl groups is 1. The monoisotopic (exact) mass is 670 g/mol. The minimum atomic E-state index is -2.94. The Bertz CT molecular complexity index is 1510. The molecule has 1 aliphatic carbocycles. The van der Waals surface area contributed by atoms with Crippen LogP contribution in [0.2, 0.25) is 5.04 Å². The van der Waals surface area contributed by atoms with E-state index in [4.69, 9.17) is 23.4 Å². The Morgan fingerprint density at radius 3 is 2.29 bits per heavy atom. The standard InChI is InChI=1S/C40H50O7Si/c1-7-8-16-28(2)25-29(41)23-24-32-35(26-36-38(32)45-34-22-15-21-33(39(34)46-36)44-27-37(42)43-6)47-48(40(3,4)5,30-17-11-9-12-18-30)31-19-13-10-14-20-31/h9-15,17-24,29,32,35-36,38,41H,2,7-8,16,25-27H2,1,3-6H3/b24-23+/t29-,32-,35+,36-,38+/m0/s1.